The van der Waals surface area contributed by atoms with E-state index in [-0.39, 0.29) is 5.84 Å². The molecule has 1 spiro atoms. The predicted molar refractivity (Wildman–Crippen MR) is 65.4 cm³/mol. The van der Waals surface area contributed by atoms with Gasteiger partial charge in [-0.3, -0.25) is 0 Å². The van der Waals surface area contributed by atoms with Gasteiger partial charge in [-0.1, -0.05) is 12.8 Å². The van der Waals surface area contributed by atoms with Gasteiger partial charge in [-0.25, -0.2) is 4.99 Å². The Morgan fingerprint density at radius 3 is 2.16 bits per heavy atom. The maximum Gasteiger partial charge on any atom is 0.292 e. The van der Waals surface area contributed by atoms with Crippen molar-refractivity contribution in [3.05, 3.63) is 0 Å². The first-order valence-corrected chi connectivity index (χ1v) is 6.36. The number of ether oxygens (including phenoxy) is 2. The summed E-state index contributed by atoms with van der Waals surface area (Å²) in [7, 11) is 2.88. The molecule has 3 rings (SSSR count). The lowest BCUT2D eigenvalue weighted by Crippen LogP contribution is -2.43. The van der Waals surface area contributed by atoms with Crippen LogP contribution in [0.25, 0.3) is 0 Å². The molecule has 19 heavy (non-hydrogen) atoms. The Morgan fingerprint density at radius 2 is 1.74 bits per heavy atom. The van der Waals surface area contributed by atoms with E-state index in [1.54, 1.807) is 0 Å². The van der Waals surface area contributed by atoms with Crippen LogP contribution in [0.5, 0.6) is 0 Å². The Balaban J connectivity index is 2.29. The second-order valence-electron chi connectivity index (χ2n) is 5.50. The summed E-state index contributed by atoms with van der Waals surface area (Å²) in [4.78, 5) is 4.20. The third-order valence-corrected chi connectivity index (χ3v) is 5.41. The van der Waals surface area contributed by atoms with Crippen LogP contribution in [0.3, 0.4) is 0 Å². The number of hydrogen-bond acceptors (Lipinski definition) is 6. The van der Waals surface area contributed by atoms with Crippen LogP contribution in [0.1, 0.15) is 25.7 Å². The van der Waals surface area contributed by atoms with Gasteiger partial charge in [0, 0.05) is 19.6 Å². The molecule has 2 aliphatic carbocycles. The lowest BCUT2D eigenvalue weighted by atomic mass is 9.88. The van der Waals surface area contributed by atoms with Gasteiger partial charge >= 0.3 is 0 Å². The van der Waals surface area contributed by atoms with E-state index in [0.717, 1.165) is 25.7 Å². The number of nitrogens with two attached hydrogens (primary N) is 1. The monoisotopic (exact) mass is 260 g/mol. The van der Waals surface area contributed by atoms with Crippen molar-refractivity contribution in [2.75, 3.05) is 14.2 Å². The number of amidine groups is 1. The fourth-order valence-corrected chi connectivity index (χ4v) is 4.71. The Kier molecular flexibility index (Phi) is 2.14. The third-order valence-electron chi connectivity index (χ3n) is 5.41. The molecule has 0 saturated heterocycles. The highest BCUT2D eigenvalue weighted by molar-refractivity contribution is 6.00. The van der Waals surface area contributed by atoms with Gasteiger partial charge in [0.05, 0.1) is 12.1 Å². The van der Waals surface area contributed by atoms with Gasteiger partial charge in [-0.15, -0.1) is 0 Å². The highest BCUT2D eigenvalue weighted by Crippen LogP contribution is 2.89. The Morgan fingerprint density at radius 1 is 1.16 bits per heavy atom. The average molecular weight is 260 g/mol. The molecule has 100 valence electrons. The minimum absolute atomic E-state index is 0.183. The maximum atomic E-state index is 9.81. The largest absolute Gasteiger partial charge is 0.386 e. The molecule has 0 aromatic heterocycles. The maximum absolute atomic E-state index is 9.81. The van der Waals surface area contributed by atoms with Crippen LogP contribution in [-0.2, 0) is 9.47 Å². The molecule has 2 fully saturated rings. The lowest BCUT2D eigenvalue weighted by molar-refractivity contribution is -0.236. The quantitative estimate of drug-likeness (QED) is 0.742. The predicted octanol–water partition coefficient (Wildman–Crippen LogP) is 0.898. The topological polar surface area (TPSA) is 104 Å². The molecule has 6 nitrogen and oxygen atoms in total. The Labute approximate surface area is 111 Å². The second kappa shape index (κ2) is 3.27. The van der Waals surface area contributed by atoms with Crippen LogP contribution >= 0.6 is 0 Å². The van der Waals surface area contributed by atoms with Crippen molar-refractivity contribution in [2.24, 2.45) is 27.0 Å². The molecule has 3 aliphatic rings. The molecule has 1 heterocycles. The van der Waals surface area contributed by atoms with Crippen molar-refractivity contribution < 1.29 is 9.47 Å². The van der Waals surface area contributed by atoms with E-state index in [2.05, 4.69) is 17.1 Å². The minimum Gasteiger partial charge on any atom is -0.386 e. The average Bonchev–Trinajstić information content (AvgIpc) is 2.74. The molecule has 0 radical (unpaired) electrons. The smallest absolute Gasteiger partial charge is 0.292 e. The summed E-state index contributed by atoms with van der Waals surface area (Å²) in [5.74, 6) is -1.27. The number of aliphatic imine (C=N–C) groups is 1. The number of nitrogens with zero attached hydrogens (tertiary/aromatic N) is 3. The fraction of sp³-hybridized carbons (Fsp3) is 0.769. The van der Waals surface area contributed by atoms with Gasteiger partial charge in [-0.05, 0) is 12.8 Å². The van der Waals surface area contributed by atoms with Gasteiger partial charge in [0.2, 0.25) is 0 Å². The summed E-state index contributed by atoms with van der Waals surface area (Å²) in [6.45, 7) is 0. The molecule has 2 unspecified atom stereocenters. The van der Waals surface area contributed by atoms with Crippen LogP contribution in [0.4, 0.5) is 0 Å². The van der Waals surface area contributed by atoms with E-state index in [9.17, 15) is 10.5 Å². The summed E-state index contributed by atoms with van der Waals surface area (Å²) in [6.07, 6.45) is 3.56. The minimum atomic E-state index is -1.45. The molecule has 0 aromatic carbocycles. The number of rotatable bonds is 2. The first-order chi connectivity index (χ1) is 9.08. The summed E-state index contributed by atoms with van der Waals surface area (Å²) in [6, 6.07) is 4.57. The van der Waals surface area contributed by atoms with Crippen LogP contribution in [0.15, 0.2) is 4.99 Å². The molecule has 0 bridgehead atoms. The standard InChI is InChI=1S/C13H16N4O2/c1-18-13(19-2)12(8-15)10(5-3-4-6-10)11(12,7-14)9(16)17-13/h3-6H2,1-2H3,(H2,16,17). The second-order valence-corrected chi connectivity index (χ2v) is 5.50. The van der Waals surface area contributed by atoms with Gasteiger partial charge < -0.3 is 15.2 Å². The van der Waals surface area contributed by atoms with Crippen LogP contribution < -0.4 is 5.73 Å². The fourth-order valence-electron chi connectivity index (χ4n) is 4.71. The van der Waals surface area contributed by atoms with Crippen LogP contribution in [0.2, 0.25) is 0 Å². The molecule has 6 heteroatoms. The van der Waals surface area contributed by atoms with Crippen molar-refractivity contribution in [2.45, 2.75) is 31.6 Å². The van der Waals surface area contributed by atoms with Crippen LogP contribution in [0, 0.1) is 38.9 Å². The molecular weight excluding hydrogens is 244 g/mol. The van der Waals surface area contributed by atoms with E-state index >= 15 is 0 Å². The first kappa shape index (κ1) is 12.4. The van der Waals surface area contributed by atoms with Gasteiger partial charge in [-0.2, -0.15) is 10.5 Å². The van der Waals surface area contributed by atoms with E-state index in [1.807, 2.05) is 0 Å². The van der Waals surface area contributed by atoms with Gasteiger partial charge in [0.1, 0.15) is 11.3 Å². The zero-order valence-electron chi connectivity index (χ0n) is 11.1. The number of fused-ring (bicyclic) bond motifs is 3. The van der Waals surface area contributed by atoms with Crippen molar-refractivity contribution in [3.63, 3.8) is 0 Å². The van der Waals surface area contributed by atoms with Crippen molar-refractivity contribution in [3.8, 4) is 12.1 Å². The number of methoxy groups -OCH3 is 2. The Hall–Kier alpha value is -1.63. The Bertz CT molecular complexity index is 548. The third kappa shape index (κ3) is 0.816. The van der Waals surface area contributed by atoms with Crippen molar-refractivity contribution in [1.82, 2.24) is 0 Å². The summed E-state index contributed by atoms with van der Waals surface area (Å²) in [5, 5.41) is 19.5. The molecule has 2 atom stereocenters. The summed E-state index contributed by atoms with van der Waals surface area (Å²) in [5.41, 5.74) is 3.38. The zero-order valence-corrected chi connectivity index (χ0v) is 11.1. The number of nitriles is 2. The van der Waals surface area contributed by atoms with Crippen molar-refractivity contribution >= 4 is 5.84 Å². The molecule has 0 aromatic rings. The molecule has 2 saturated carbocycles. The normalized spacial score (nSPS) is 40.3. The van der Waals surface area contributed by atoms with Crippen molar-refractivity contribution in [1.29, 1.82) is 10.5 Å². The van der Waals surface area contributed by atoms with E-state index < -0.39 is 22.2 Å². The summed E-state index contributed by atoms with van der Waals surface area (Å²) < 4.78 is 10.8. The highest BCUT2D eigenvalue weighted by Gasteiger charge is 3.00. The lowest BCUT2D eigenvalue weighted by Gasteiger charge is -2.31. The van der Waals surface area contributed by atoms with E-state index in [4.69, 9.17) is 15.2 Å². The number of hydrogen-bond donors (Lipinski definition) is 1. The van der Waals surface area contributed by atoms with E-state index in [1.165, 1.54) is 14.2 Å². The molecule has 1 aliphatic heterocycles. The molecular formula is C13H16N4O2. The van der Waals surface area contributed by atoms with Gasteiger partial charge in [0.15, 0.2) is 5.41 Å². The zero-order chi connectivity index (χ0) is 13.9. The van der Waals surface area contributed by atoms with E-state index in [0.29, 0.717) is 0 Å². The van der Waals surface area contributed by atoms with Gasteiger partial charge in [0.25, 0.3) is 5.91 Å². The molecule has 2 N–H and O–H groups in total. The summed E-state index contributed by atoms with van der Waals surface area (Å²) >= 11 is 0. The first-order valence-electron chi connectivity index (χ1n) is 6.36. The van der Waals surface area contributed by atoms with Crippen LogP contribution in [-0.4, -0.2) is 26.0 Å². The molecule has 0 amide bonds. The highest BCUT2D eigenvalue weighted by atomic mass is 16.7. The SMILES string of the molecule is COC1(OC)N=C(N)C2(C#N)C3(CCCC3)C12C#N.